The van der Waals surface area contributed by atoms with Gasteiger partial charge in [0.25, 0.3) is 11.6 Å². The van der Waals surface area contributed by atoms with Gasteiger partial charge in [-0.3, -0.25) is 20.0 Å². The summed E-state index contributed by atoms with van der Waals surface area (Å²) in [6.45, 7) is 1.79. The fourth-order valence-electron chi connectivity index (χ4n) is 1.63. The lowest BCUT2D eigenvalue weighted by atomic mass is 10.2. The number of rotatable bonds is 5. The van der Waals surface area contributed by atoms with Crippen molar-refractivity contribution in [1.82, 2.24) is 15.6 Å². The first-order valence-corrected chi connectivity index (χ1v) is 6.33. The molecule has 112 valence electrons. The van der Waals surface area contributed by atoms with Gasteiger partial charge in [-0.2, -0.15) is 10.2 Å². The maximum Gasteiger partial charge on any atom is 0.291 e. The maximum atomic E-state index is 11.6. The molecular formula is C14H13N5O3. The fourth-order valence-corrected chi connectivity index (χ4v) is 1.63. The van der Waals surface area contributed by atoms with Gasteiger partial charge >= 0.3 is 0 Å². The lowest BCUT2D eigenvalue weighted by Gasteiger charge is -1.94. The Morgan fingerprint density at radius 3 is 2.95 bits per heavy atom. The minimum absolute atomic E-state index is 0.0151. The molecule has 0 aliphatic rings. The first-order chi connectivity index (χ1) is 10.6. The molecule has 1 aromatic carbocycles. The summed E-state index contributed by atoms with van der Waals surface area (Å²) in [5.41, 5.74) is 4.02. The molecule has 8 heteroatoms. The zero-order chi connectivity index (χ0) is 15.9. The van der Waals surface area contributed by atoms with E-state index in [2.05, 4.69) is 20.7 Å². The summed E-state index contributed by atoms with van der Waals surface area (Å²) >= 11 is 0. The number of aryl methyl sites for hydroxylation is 1. The van der Waals surface area contributed by atoms with Gasteiger partial charge in [-0.05, 0) is 24.6 Å². The lowest BCUT2D eigenvalue weighted by Crippen LogP contribution is -2.17. The van der Waals surface area contributed by atoms with Gasteiger partial charge in [-0.15, -0.1) is 0 Å². The van der Waals surface area contributed by atoms with Crippen LogP contribution in [0.4, 0.5) is 5.69 Å². The Kier molecular flexibility index (Phi) is 4.76. The van der Waals surface area contributed by atoms with Gasteiger partial charge in [-0.25, -0.2) is 5.43 Å². The molecule has 0 spiro atoms. The monoisotopic (exact) mass is 299 g/mol. The van der Waals surface area contributed by atoms with Crippen molar-refractivity contribution in [3.8, 4) is 0 Å². The number of aromatic nitrogens is 2. The first kappa shape index (κ1) is 15.1. The number of non-ortho nitro benzene ring substituents is 1. The molecule has 0 fully saturated rings. The van der Waals surface area contributed by atoms with Crippen molar-refractivity contribution in [2.24, 2.45) is 5.10 Å². The molecule has 0 unspecified atom stereocenters. The summed E-state index contributed by atoms with van der Waals surface area (Å²) in [6.07, 6.45) is 4.58. The van der Waals surface area contributed by atoms with Crippen LogP contribution >= 0.6 is 0 Å². The molecule has 0 bridgehead atoms. The van der Waals surface area contributed by atoms with E-state index in [-0.39, 0.29) is 11.4 Å². The van der Waals surface area contributed by atoms with Crippen molar-refractivity contribution < 1.29 is 9.72 Å². The molecule has 0 saturated carbocycles. The Hall–Kier alpha value is -3.29. The number of H-pyrrole nitrogens is 1. The van der Waals surface area contributed by atoms with Gasteiger partial charge in [0.1, 0.15) is 0 Å². The van der Waals surface area contributed by atoms with E-state index < -0.39 is 10.8 Å². The third kappa shape index (κ3) is 4.10. The molecular weight excluding hydrogens is 286 g/mol. The van der Waals surface area contributed by atoms with Crippen LogP contribution in [-0.4, -0.2) is 27.2 Å². The second-order valence-electron chi connectivity index (χ2n) is 4.37. The van der Waals surface area contributed by atoms with Gasteiger partial charge in [0.05, 0.1) is 4.92 Å². The molecule has 0 saturated heterocycles. The molecule has 1 heterocycles. The third-order valence-electron chi connectivity index (χ3n) is 2.63. The highest BCUT2D eigenvalue weighted by molar-refractivity contribution is 5.93. The van der Waals surface area contributed by atoms with E-state index in [1.54, 1.807) is 37.3 Å². The van der Waals surface area contributed by atoms with Crippen LogP contribution in [0.15, 0.2) is 41.5 Å². The average Bonchev–Trinajstić information content (AvgIpc) is 2.93. The van der Waals surface area contributed by atoms with Crippen LogP contribution in [0.3, 0.4) is 0 Å². The van der Waals surface area contributed by atoms with Crippen LogP contribution < -0.4 is 5.43 Å². The Bertz CT molecular complexity index is 748. The van der Waals surface area contributed by atoms with Gasteiger partial charge in [-0.1, -0.05) is 18.2 Å². The molecule has 0 atom stereocenters. The molecule has 8 nitrogen and oxygen atoms in total. The van der Waals surface area contributed by atoms with Crippen LogP contribution in [0.25, 0.3) is 6.08 Å². The Balaban J connectivity index is 1.90. The smallest absolute Gasteiger partial charge is 0.282 e. The van der Waals surface area contributed by atoms with Gasteiger partial charge < -0.3 is 0 Å². The number of amides is 1. The predicted molar refractivity (Wildman–Crippen MR) is 81.4 cm³/mol. The van der Waals surface area contributed by atoms with Gasteiger partial charge in [0.15, 0.2) is 5.69 Å². The van der Waals surface area contributed by atoms with Crippen molar-refractivity contribution in [3.63, 3.8) is 0 Å². The lowest BCUT2D eigenvalue weighted by molar-refractivity contribution is -0.384. The molecule has 1 amide bonds. The highest BCUT2D eigenvalue weighted by atomic mass is 16.6. The summed E-state index contributed by atoms with van der Waals surface area (Å²) in [6, 6.07) is 7.77. The van der Waals surface area contributed by atoms with E-state index >= 15 is 0 Å². The SMILES string of the molecule is Cc1cc(C(=O)NN=C/C=C/c2cccc([N+](=O)[O-])c2)n[nH]1. The quantitative estimate of drug-likeness (QED) is 0.499. The molecule has 2 N–H and O–H groups in total. The summed E-state index contributed by atoms with van der Waals surface area (Å²) in [5.74, 6) is -0.427. The second-order valence-corrected chi connectivity index (χ2v) is 4.37. The highest BCUT2D eigenvalue weighted by Gasteiger charge is 2.07. The standard InChI is InChI=1S/C14H13N5O3/c1-10-8-13(17-16-10)14(20)18-15-7-3-5-11-4-2-6-12(9-11)19(21)22/h2-9H,1H3,(H,16,17)(H,18,20)/b5-3+,15-7?. The summed E-state index contributed by atoms with van der Waals surface area (Å²) < 4.78 is 0. The van der Waals surface area contributed by atoms with E-state index in [9.17, 15) is 14.9 Å². The van der Waals surface area contributed by atoms with Crippen LogP contribution in [0.5, 0.6) is 0 Å². The van der Waals surface area contributed by atoms with Crippen LogP contribution in [0.2, 0.25) is 0 Å². The van der Waals surface area contributed by atoms with Crippen molar-refractivity contribution in [2.75, 3.05) is 0 Å². The number of carbonyl (C=O) groups is 1. The number of hydrazone groups is 1. The number of carbonyl (C=O) groups excluding carboxylic acids is 1. The van der Waals surface area contributed by atoms with Crippen LogP contribution in [0.1, 0.15) is 21.7 Å². The normalized spacial score (nSPS) is 11.1. The minimum atomic E-state index is -0.461. The largest absolute Gasteiger partial charge is 0.291 e. The number of nitrogens with one attached hydrogen (secondary N) is 2. The molecule has 2 aromatic rings. The third-order valence-corrected chi connectivity index (χ3v) is 2.63. The van der Waals surface area contributed by atoms with E-state index in [0.717, 1.165) is 5.69 Å². The number of nitro benzene ring substituents is 1. The maximum absolute atomic E-state index is 11.6. The van der Waals surface area contributed by atoms with Gasteiger partial charge in [0.2, 0.25) is 0 Å². The second kappa shape index (κ2) is 6.93. The molecule has 0 aliphatic heterocycles. The predicted octanol–water partition coefficient (Wildman–Crippen LogP) is 2.06. The molecule has 0 aliphatic carbocycles. The number of hydrogen-bond donors (Lipinski definition) is 2. The number of nitro groups is 1. The molecule has 1 aromatic heterocycles. The topological polar surface area (TPSA) is 113 Å². The van der Waals surface area contributed by atoms with Crippen LogP contribution in [0, 0.1) is 17.0 Å². The first-order valence-electron chi connectivity index (χ1n) is 6.33. The van der Waals surface area contributed by atoms with Gasteiger partial charge in [0, 0.05) is 24.0 Å². The number of hydrogen-bond acceptors (Lipinski definition) is 5. The number of nitrogens with zero attached hydrogens (tertiary/aromatic N) is 3. The molecule has 0 radical (unpaired) electrons. The zero-order valence-corrected chi connectivity index (χ0v) is 11.7. The Morgan fingerprint density at radius 1 is 1.45 bits per heavy atom. The number of aromatic amines is 1. The molecule has 22 heavy (non-hydrogen) atoms. The minimum Gasteiger partial charge on any atom is -0.282 e. The Labute approximate surface area is 125 Å². The zero-order valence-electron chi connectivity index (χ0n) is 11.7. The molecule has 2 rings (SSSR count). The van der Waals surface area contributed by atoms with E-state index in [1.807, 2.05) is 0 Å². The summed E-state index contributed by atoms with van der Waals surface area (Å²) in [7, 11) is 0. The summed E-state index contributed by atoms with van der Waals surface area (Å²) in [5, 5.41) is 20.8. The van der Waals surface area contributed by atoms with Crippen LogP contribution in [-0.2, 0) is 0 Å². The van der Waals surface area contributed by atoms with E-state index in [0.29, 0.717) is 5.56 Å². The van der Waals surface area contributed by atoms with Crippen molar-refractivity contribution >= 4 is 23.9 Å². The fraction of sp³-hybridized carbons (Fsp3) is 0.0714. The average molecular weight is 299 g/mol. The van der Waals surface area contributed by atoms with Crippen molar-refractivity contribution in [3.05, 3.63) is 63.5 Å². The number of allylic oxidation sites excluding steroid dienone is 1. The van der Waals surface area contributed by atoms with E-state index in [1.165, 1.54) is 18.3 Å². The highest BCUT2D eigenvalue weighted by Crippen LogP contribution is 2.13. The van der Waals surface area contributed by atoms with Crippen molar-refractivity contribution in [1.29, 1.82) is 0 Å². The number of benzene rings is 1. The summed E-state index contributed by atoms with van der Waals surface area (Å²) in [4.78, 5) is 21.8. The van der Waals surface area contributed by atoms with Crippen molar-refractivity contribution in [2.45, 2.75) is 6.92 Å². The van der Waals surface area contributed by atoms with E-state index in [4.69, 9.17) is 0 Å². The Morgan fingerprint density at radius 2 is 2.27 bits per heavy atom.